The maximum Gasteiger partial charge on any atom is 0.327 e. The molecule has 0 saturated carbocycles. The Morgan fingerprint density at radius 1 is 1.60 bits per heavy atom. The predicted molar refractivity (Wildman–Crippen MR) is 41.8 cm³/mol. The molecule has 0 fully saturated rings. The highest BCUT2D eigenvalue weighted by Crippen LogP contribution is 1.96. The number of ether oxygens (including phenoxy) is 1. The van der Waals surface area contributed by atoms with Crippen molar-refractivity contribution < 1.29 is 4.74 Å². The number of hydrogen-bond acceptors (Lipinski definition) is 5. The molecule has 0 aromatic carbocycles. The summed E-state index contributed by atoms with van der Waals surface area (Å²) in [5.41, 5.74) is 5.32. The summed E-state index contributed by atoms with van der Waals surface area (Å²) in [6, 6.07) is 0.304. The highest BCUT2D eigenvalue weighted by atomic mass is 32.2. The van der Waals surface area contributed by atoms with Crippen molar-refractivity contribution in [3.05, 3.63) is 0 Å². The largest absolute Gasteiger partial charge is 0.466 e. The average Bonchev–Trinajstić information content (AvgIpc) is 1.85. The van der Waals surface area contributed by atoms with Gasteiger partial charge in [0.1, 0.15) is 0 Å². The zero-order valence-corrected chi connectivity index (χ0v) is 6.55. The zero-order chi connectivity index (χ0) is 7.56. The van der Waals surface area contributed by atoms with Crippen LogP contribution in [0.3, 0.4) is 0 Å². The number of rotatable bonds is 0. The Labute approximate surface area is 61.2 Å². The van der Waals surface area contributed by atoms with Gasteiger partial charge >= 0.3 is 6.02 Å². The summed E-state index contributed by atoms with van der Waals surface area (Å²) in [5.74, 6) is 0.234. The molecule has 1 atom stereocenters. The van der Waals surface area contributed by atoms with Crippen molar-refractivity contribution in [2.45, 2.75) is 0 Å². The molecule has 0 aromatic rings. The van der Waals surface area contributed by atoms with Crippen LogP contribution in [-0.2, 0) is 15.6 Å². The maximum absolute atomic E-state index is 5.32. The van der Waals surface area contributed by atoms with Crippen molar-refractivity contribution in [1.82, 2.24) is 0 Å². The highest BCUT2D eigenvalue weighted by Gasteiger charge is 2.03. The molecule has 56 valence electrons. The van der Waals surface area contributed by atoms with E-state index in [1.165, 1.54) is 7.11 Å². The van der Waals surface area contributed by atoms with Crippen molar-refractivity contribution in [3.63, 3.8) is 0 Å². The molecule has 1 aliphatic heterocycles. The molecular formula is C4H8N4OS. The zero-order valence-electron chi connectivity index (χ0n) is 5.74. The lowest BCUT2D eigenvalue weighted by Crippen LogP contribution is -2.16. The van der Waals surface area contributed by atoms with E-state index in [0.717, 1.165) is 0 Å². The molecule has 10 heavy (non-hydrogen) atoms. The van der Waals surface area contributed by atoms with Crippen LogP contribution >= 0.6 is 0 Å². The van der Waals surface area contributed by atoms with Crippen LogP contribution in [0.5, 0.6) is 0 Å². The Kier molecular flexibility index (Phi) is 2.00. The molecule has 1 unspecified atom stereocenters. The molecule has 1 aliphatic rings. The second-order valence-electron chi connectivity index (χ2n) is 1.59. The molecule has 0 aromatic heterocycles. The van der Waals surface area contributed by atoms with Crippen LogP contribution in [0.2, 0.25) is 0 Å². The normalized spacial score (nSPS) is 24.4. The van der Waals surface area contributed by atoms with Crippen LogP contribution in [0.25, 0.3) is 0 Å². The van der Waals surface area contributed by atoms with E-state index in [1.807, 2.05) is 6.26 Å². The van der Waals surface area contributed by atoms with Crippen LogP contribution < -0.4 is 5.73 Å². The molecular weight excluding hydrogens is 152 g/mol. The fraction of sp³-hybridized carbons (Fsp3) is 0.500. The first-order valence-corrected chi connectivity index (χ1v) is 4.12. The van der Waals surface area contributed by atoms with E-state index in [-0.39, 0.29) is 5.96 Å². The second kappa shape index (κ2) is 2.78. The maximum atomic E-state index is 5.32. The van der Waals surface area contributed by atoms with Gasteiger partial charge in [0.05, 0.1) is 7.11 Å². The summed E-state index contributed by atoms with van der Waals surface area (Å²) >= 11 is 0. The van der Waals surface area contributed by atoms with E-state index in [9.17, 15) is 0 Å². The fourth-order valence-electron chi connectivity index (χ4n) is 0.491. The topological polar surface area (TPSA) is 72.3 Å². The monoisotopic (exact) mass is 160 g/mol. The van der Waals surface area contributed by atoms with Crippen molar-refractivity contribution in [2.75, 3.05) is 13.4 Å². The van der Waals surface area contributed by atoms with Gasteiger partial charge in [-0.1, -0.05) is 0 Å². The van der Waals surface area contributed by atoms with Gasteiger partial charge in [0, 0.05) is 17.1 Å². The third-order valence-corrected chi connectivity index (χ3v) is 1.70. The first-order valence-electron chi connectivity index (χ1n) is 2.57. The summed E-state index contributed by atoms with van der Waals surface area (Å²) < 4.78 is 12.6. The van der Waals surface area contributed by atoms with Gasteiger partial charge < -0.3 is 10.5 Å². The molecule has 0 amide bonds. The fourth-order valence-corrected chi connectivity index (χ4v) is 1.18. The molecule has 2 N–H and O–H groups in total. The van der Waals surface area contributed by atoms with Crippen molar-refractivity contribution in [3.8, 4) is 0 Å². The van der Waals surface area contributed by atoms with Crippen molar-refractivity contribution in [2.24, 2.45) is 19.5 Å². The number of guanidine groups is 1. The summed E-state index contributed by atoms with van der Waals surface area (Å²) in [6.45, 7) is 0. The second-order valence-corrected chi connectivity index (χ2v) is 2.84. The summed E-state index contributed by atoms with van der Waals surface area (Å²) in [7, 11) is 1.08. The molecule has 0 saturated heterocycles. The number of amidine groups is 1. The van der Waals surface area contributed by atoms with Crippen LogP contribution in [0.15, 0.2) is 13.8 Å². The predicted octanol–water partition coefficient (Wildman–Crippen LogP) is -0.336. The lowest BCUT2D eigenvalue weighted by Gasteiger charge is -2.03. The Morgan fingerprint density at radius 3 is 2.80 bits per heavy atom. The first kappa shape index (κ1) is 7.20. The van der Waals surface area contributed by atoms with Crippen molar-refractivity contribution in [1.29, 1.82) is 0 Å². The van der Waals surface area contributed by atoms with Gasteiger partial charge in [-0.15, -0.1) is 0 Å². The minimum atomic E-state index is -0.418. The third kappa shape index (κ3) is 1.53. The summed E-state index contributed by atoms with van der Waals surface area (Å²) in [5, 5.41) is 0. The molecule has 5 nitrogen and oxygen atoms in total. The van der Waals surface area contributed by atoms with E-state index >= 15 is 0 Å². The van der Waals surface area contributed by atoms with Crippen molar-refractivity contribution >= 4 is 22.9 Å². The average molecular weight is 160 g/mol. The minimum absolute atomic E-state index is 0.234. The SMILES string of the molecule is COC1=NS(C)=NC(N)=N1. The van der Waals surface area contributed by atoms with Crippen LogP contribution in [0.1, 0.15) is 0 Å². The van der Waals surface area contributed by atoms with E-state index < -0.39 is 10.9 Å². The molecule has 0 spiro atoms. The van der Waals surface area contributed by atoms with E-state index in [0.29, 0.717) is 6.02 Å². The van der Waals surface area contributed by atoms with Gasteiger partial charge in [-0.3, -0.25) is 0 Å². The van der Waals surface area contributed by atoms with Gasteiger partial charge in [-0.2, -0.15) is 13.8 Å². The number of hydrogen-bond donors (Lipinski definition) is 1. The smallest absolute Gasteiger partial charge is 0.327 e. The summed E-state index contributed by atoms with van der Waals surface area (Å²) in [6.07, 6.45) is 1.83. The Hall–Kier alpha value is -0.910. The minimum Gasteiger partial charge on any atom is -0.466 e. The van der Waals surface area contributed by atoms with Gasteiger partial charge in [0.2, 0.25) is 5.96 Å². The summed E-state index contributed by atoms with van der Waals surface area (Å²) in [4.78, 5) is 3.71. The number of nitrogens with zero attached hydrogens (tertiary/aromatic N) is 3. The number of methoxy groups -OCH3 is 1. The Balaban J connectivity index is 2.91. The lowest BCUT2D eigenvalue weighted by atomic mass is 11.0. The van der Waals surface area contributed by atoms with E-state index in [1.54, 1.807) is 0 Å². The van der Waals surface area contributed by atoms with E-state index in [4.69, 9.17) is 10.5 Å². The Morgan fingerprint density at radius 2 is 2.30 bits per heavy atom. The molecule has 0 bridgehead atoms. The van der Waals surface area contributed by atoms with Gasteiger partial charge in [0.25, 0.3) is 0 Å². The molecule has 1 heterocycles. The van der Waals surface area contributed by atoms with E-state index in [2.05, 4.69) is 13.8 Å². The lowest BCUT2D eigenvalue weighted by molar-refractivity contribution is 0.398. The molecule has 0 aliphatic carbocycles. The molecule has 0 radical (unpaired) electrons. The highest BCUT2D eigenvalue weighted by molar-refractivity contribution is 7.85. The number of aliphatic imine (C=N–C) groups is 1. The molecule has 1 rings (SSSR count). The van der Waals surface area contributed by atoms with Crippen LogP contribution in [0.4, 0.5) is 0 Å². The van der Waals surface area contributed by atoms with Crippen LogP contribution in [-0.4, -0.2) is 25.3 Å². The van der Waals surface area contributed by atoms with Gasteiger partial charge in [0.15, 0.2) is 0 Å². The van der Waals surface area contributed by atoms with Gasteiger partial charge in [-0.25, -0.2) is 0 Å². The quantitative estimate of drug-likeness (QED) is 0.526. The molecule has 6 heteroatoms. The first-order chi connectivity index (χ1) is 4.72. The van der Waals surface area contributed by atoms with Gasteiger partial charge in [-0.05, 0) is 0 Å². The Bertz CT molecular complexity index is 229. The standard InChI is InChI=1S/C4H8N4OS/c1-9-4-6-3(5)7-10(2)8-4/h1-2H3,(H2,5,6,7,8). The number of nitrogens with two attached hydrogens (primary N) is 1. The third-order valence-electron chi connectivity index (χ3n) is 0.829. The van der Waals surface area contributed by atoms with Crippen LogP contribution in [0, 0.1) is 0 Å².